The Morgan fingerprint density at radius 2 is 2.00 bits per heavy atom. The summed E-state index contributed by atoms with van der Waals surface area (Å²) in [5, 5.41) is 3.30. The van der Waals surface area contributed by atoms with Crippen LogP contribution in [0.25, 0.3) is 0 Å². The van der Waals surface area contributed by atoms with Gasteiger partial charge in [-0.3, -0.25) is 0 Å². The SMILES string of the molecule is CCSc1ccccc1NCc1cc(Br)ccc1F. The standard InChI is InChI=1S/C15H15BrFNS/c1-2-19-15-6-4-3-5-14(15)18-10-11-9-12(16)7-8-13(11)17/h3-9,18H,2,10H2,1H3. The van der Waals surface area contributed by atoms with E-state index in [1.54, 1.807) is 23.9 Å². The molecule has 0 heterocycles. The molecule has 0 aliphatic heterocycles. The van der Waals surface area contributed by atoms with Crippen LogP contribution in [0.5, 0.6) is 0 Å². The fourth-order valence-corrected chi connectivity index (χ4v) is 2.95. The van der Waals surface area contributed by atoms with E-state index in [0.29, 0.717) is 12.1 Å². The number of benzene rings is 2. The molecule has 0 spiro atoms. The monoisotopic (exact) mass is 339 g/mol. The molecule has 0 bridgehead atoms. The normalized spacial score (nSPS) is 10.5. The van der Waals surface area contributed by atoms with Gasteiger partial charge >= 0.3 is 0 Å². The summed E-state index contributed by atoms with van der Waals surface area (Å²) in [5.41, 5.74) is 1.71. The lowest BCUT2D eigenvalue weighted by Gasteiger charge is -2.11. The minimum atomic E-state index is -0.184. The van der Waals surface area contributed by atoms with Crippen molar-refractivity contribution < 1.29 is 4.39 Å². The first-order valence-electron chi connectivity index (χ1n) is 6.10. The van der Waals surface area contributed by atoms with Gasteiger partial charge < -0.3 is 5.32 Å². The average molecular weight is 340 g/mol. The molecule has 0 aliphatic rings. The third-order valence-corrected chi connectivity index (χ3v) is 4.11. The summed E-state index contributed by atoms with van der Waals surface area (Å²) in [6.45, 7) is 2.60. The van der Waals surface area contributed by atoms with E-state index in [2.05, 4.69) is 34.2 Å². The van der Waals surface area contributed by atoms with Gasteiger partial charge in [-0.15, -0.1) is 11.8 Å². The summed E-state index contributed by atoms with van der Waals surface area (Å²) in [4.78, 5) is 1.19. The molecular formula is C15H15BrFNS. The Morgan fingerprint density at radius 3 is 2.79 bits per heavy atom. The smallest absolute Gasteiger partial charge is 0.128 e. The van der Waals surface area contributed by atoms with Crippen LogP contribution in [-0.4, -0.2) is 5.75 Å². The summed E-state index contributed by atoms with van der Waals surface area (Å²) in [6.07, 6.45) is 0. The Kier molecular flexibility index (Phi) is 5.28. The Labute approximate surface area is 125 Å². The number of halogens is 2. The molecule has 0 unspecified atom stereocenters. The van der Waals surface area contributed by atoms with E-state index < -0.39 is 0 Å². The summed E-state index contributed by atoms with van der Waals surface area (Å²) < 4.78 is 14.5. The number of thioether (sulfide) groups is 1. The Balaban J connectivity index is 2.12. The molecule has 0 atom stereocenters. The van der Waals surface area contributed by atoms with Gasteiger partial charge in [0.1, 0.15) is 5.82 Å². The lowest BCUT2D eigenvalue weighted by Crippen LogP contribution is -2.02. The lowest BCUT2D eigenvalue weighted by molar-refractivity contribution is 0.612. The van der Waals surface area contributed by atoms with Crippen LogP contribution in [0, 0.1) is 5.82 Å². The van der Waals surface area contributed by atoms with Gasteiger partial charge in [-0.1, -0.05) is 35.0 Å². The van der Waals surface area contributed by atoms with Gasteiger partial charge in [-0.05, 0) is 36.1 Å². The third-order valence-electron chi connectivity index (χ3n) is 2.66. The number of nitrogens with one attached hydrogen (secondary N) is 1. The minimum absolute atomic E-state index is 0.184. The molecule has 0 aliphatic carbocycles. The molecule has 2 aromatic carbocycles. The lowest BCUT2D eigenvalue weighted by atomic mass is 10.2. The summed E-state index contributed by atoms with van der Waals surface area (Å²) in [7, 11) is 0. The van der Waals surface area contributed by atoms with Crippen molar-refractivity contribution in [3.05, 3.63) is 58.3 Å². The number of hydrogen-bond donors (Lipinski definition) is 1. The molecule has 0 amide bonds. The van der Waals surface area contributed by atoms with Crippen molar-refractivity contribution >= 4 is 33.4 Å². The van der Waals surface area contributed by atoms with Gasteiger partial charge in [0.2, 0.25) is 0 Å². The quantitative estimate of drug-likeness (QED) is 0.740. The maximum atomic E-state index is 13.7. The number of hydrogen-bond acceptors (Lipinski definition) is 2. The minimum Gasteiger partial charge on any atom is -0.380 e. The first-order valence-corrected chi connectivity index (χ1v) is 7.88. The van der Waals surface area contributed by atoms with E-state index in [4.69, 9.17) is 0 Å². The van der Waals surface area contributed by atoms with E-state index in [0.717, 1.165) is 15.9 Å². The van der Waals surface area contributed by atoms with Crippen LogP contribution in [0.15, 0.2) is 51.8 Å². The van der Waals surface area contributed by atoms with Crippen LogP contribution in [-0.2, 0) is 6.54 Å². The second kappa shape index (κ2) is 6.96. The highest BCUT2D eigenvalue weighted by atomic mass is 79.9. The molecule has 1 nitrogen and oxygen atoms in total. The molecular weight excluding hydrogens is 325 g/mol. The van der Waals surface area contributed by atoms with Gasteiger partial charge in [-0.2, -0.15) is 0 Å². The van der Waals surface area contributed by atoms with Crippen LogP contribution in [0.3, 0.4) is 0 Å². The van der Waals surface area contributed by atoms with Crippen molar-refractivity contribution in [1.29, 1.82) is 0 Å². The summed E-state index contributed by atoms with van der Waals surface area (Å²) in [6, 6.07) is 13.1. The molecule has 0 fully saturated rings. The van der Waals surface area contributed by atoms with Crippen molar-refractivity contribution in [3.63, 3.8) is 0 Å². The topological polar surface area (TPSA) is 12.0 Å². The van der Waals surface area contributed by atoms with Crippen LogP contribution >= 0.6 is 27.7 Å². The molecule has 0 radical (unpaired) electrons. The highest BCUT2D eigenvalue weighted by Crippen LogP contribution is 2.27. The van der Waals surface area contributed by atoms with E-state index in [9.17, 15) is 4.39 Å². The number of anilines is 1. The largest absolute Gasteiger partial charge is 0.380 e. The van der Waals surface area contributed by atoms with Crippen molar-refractivity contribution in [2.45, 2.75) is 18.4 Å². The van der Waals surface area contributed by atoms with Gasteiger partial charge in [0, 0.05) is 27.2 Å². The first-order chi connectivity index (χ1) is 9.20. The first kappa shape index (κ1) is 14.4. The van der Waals surface area contributed by atoms with Crippen molar-refractivity contribution in [2.24, 2.45) is 0 Å². The maximum Gasteiger partial charge on any atom is 0.128 e. The number of rotatable bonds is 5. The fourth-order valence-electron chi connectivity index (χ4n) is 1.76. The Morgan fingerprint density at radius 1 is 1.21 bits per heavy atom. The van der Waals surface area contributed by atoms with Crippen molar-refractivity contribution in [3.8, 4) is 0 Å². The van der Waals surface area contributed by atoms with Crippen LogP contribution in [0.1, 0.15) is 12.5 Å². The molecule has 100 valence electrons. The molecule has 0 saturated carbocycles. The molecule has 2 rings (SSSR count). The van der Waals surface area contributed by atoms with Crippen molar-refractivity contribution in [1.82, 2.24) is 0 Å². The van der Waals surface area contributed by atoms with Gasteiger partial charge in [0.25, 0.3) is 0 Å². The predicted octanol–water partition coefficient (Wildman–Crippen LogP) is 5.31. The highest BCUT2D eigenvalue weighted by molar-refractivity contribution is 9.10. The van der Waals surface area contributed by atoms with Crippen LogP contribution in [0.4, 0.5) is 10.1 Å². The van der Waals surface area contributed by atoms with E-state index >= 15 is 0 Å². The zero-order valence-corrected chi connectivity index (χ0v) is 13.0. The highest BCUT2D eigenvalue weighted by Gasteiger charge is 2.05. The molecule has 19 heavy (non-hydrogen) atoms. The third kappa shape index (κ3) is 3.98. The summed E-state index contributed by atoms with van der Waals surface area (Å²) in [5.74, 6) is 0.834. The molecule has 0 saturated heterocycles. The van der Waals surface area contributed by atoms with Crippen LogP contribution < -0.4 is 5.32 Å². The van der Waals surface area contributed by atoms with Crippen molar-refractivity contribution in [2.75, 3.05) is 11.1 Å². The zero-order chi connectivity index (χ0) is 13.7. The maximum absolute atomic E-state index is 13.7. The van der Waals surface area contributed by atoms with Gasteiger partial charge in [-0.25, -0.2) is 4.39 Å². The Hall–Kier alpha value is -1.00. The fraction of sp³-hybridized carbons (Fsp3) is 0.200. The average Bonchev–Trinajstić information content (AvgIpc) is 2.42. The molecule has 2 aromatic rings. The molecule has 4 heteroatoms. The summed E-state index contributed by atoms with van der Waals surface area (Å²) >= 11 is 5.14. The second-order valence-corrected chi connectivity index (χ2v) is 6.24. The second-order valence-electron chi connectivity index (χ2n) is 4.02. The predicted molar refractivity (Wildman–Crippen MR) is 84.3 cm³/mol. The van der Waals surface area contributed by atoms with E-state index in [-0.39, 0.29) is 5.82 Å². The molecule has 1 N–H and O–H groups in total. The zero-order valence-electron chi connectivity index (χ0n) is 10.6. The number of para-hydroxylation sites is 1. The van der Waals surface area contributed by atoms with Gasteiger partial charge in [0.15, 0.2) is 0 Å². The Bertz CT molecular complexity index is 560. The van der Waals surface area contributed by atoms with E-state index in [1.165, 1.54) is 11.0 Å². The molecule has 0 aromatic heterocycles. The van der Waals surface area contributed by atoms with Crippen LogP contribution in [0.2, 0.25) is 0 Å². The van der Waals surface area contributed by atoms with Gasteiger partial charge in [0.05, 0.1) is 0 Å². The van der Waals surface area contributed by atoms with E-state index in [1.807, 2.05) is 18.2 Å².